The van der Waals surface area contributed by atoms with Gasteiger partial charge in [-0.15, -0.1) is 0 Å². The highest BCUT2D eigenvalue weighted by atomic mass is 35.5. The van der Waals surface area contributed by atoms with Crippen LogP contribution in [-0.4, -0.2) is 44.6 Å². The van der Waals surface area contributed by atoms with Crippen LogP contribution in [0.2, 0.25) is 20.1 Å². The first-order valence-corrected chi connectivity index (χ1v) is 22.8. The van der Waals surface area contributed by atoms with E-state index >= 15 is 0 Å². The summed E-state index contributed by atoms with van der Waals surface area (Å²) in [4.78, 5) is 36.3. The second-order valence-corrected chi connectivity index (χ2v) is 17.5. The van der Waals surface area contributed by atoms with Crippen LogP contribution in [0.3, 0.4) is 0 Å². The average molecular weight is 867 g/mol. The van der Waals surface area contributed by atoms with Crippen molar-refractivity contribution in [3.8, 4) is 0 Å². The van der Waals surface area contributed by atoms with Gasteiger partial charge in [0.15, 0.2) is 11.5 Å². The van der Waals surface area contributed by atoms with Crippen LogP contribution in [0.5, 0.6) is 0 Å². The third-order valence-corrected chi connectivity index (χ3v) is 11.3. The fourth-order valence-corrected chi connectivity index (χ4v) is 8.08. The van der Waals surface area contributed by atoms with Gasteiger partial charge in [0.25, 0.3) is 5.91 Å². The lowest BCUT2D eigenvalue weighted by Crippen LogP contribution is -2.36. The number of aliphatic imine (C=N–C) groups is 2. The summed E-state index contributed by atoms with van der Waals surface area (Å²) in [6.07, 6.45) is 16.2. The molecular formula is C41H52Cl4N6O4S. The third kappa shape index (κ3) is 14.3. The minimum atomic E-state index is -3.29. The molecule has 0 aliphatic carbocycles. The number of carbonyl (C=O) groups excluding carboxylic acids is 2. The number of rotatable bonds is 22. The van der Waals surface area contributed by atoms with Crippen molar-refractivity contribution < 1.29 is 18.0 Å². The van der Waals surface area contributed by atoms with Crippen molar-refractivity contribution in [1.82, 2.24) is 10.1 Å². The predicted octanol–water partition coefficient (Wildman–Crippen LogP) is 11.7. The number of amides is 2. The number of sulfonamides is 1. The first kappa shape index (κ1) is 45.5. The monoisotopic (exact) mass is 864 g/mol. The molecule has 1 atom stereocenters. The van der Waals surface area contributed by atoms with Crippen LogP contribution in [0.25, 0.3) is 0 Å². The maximum Gasteiger partial charge on any atom is 0.299 e. The molecule has 0 saturated carbocycles. The minimum Gasteiger partial charge on any atom is -0.326 e. The highest BCUT2D eigenvalue weighted by Crippen LogP contribution is 2.38. The van der Waals surface area contributed by atoms with Gasteiger partial charge < -0.3 is 5.32 Å². The number of unbranched alkanes of at least 4 members (excludes halogenated alkanes) is 10. The minimum absolute atomic E-state index is 0.0359. The fraction of sp³-hybridized carbons (Fsp3) is 0.463. The van der Waals surface area contributed by atoms with Crippen molar-refractivity contribution in [2.75, 3.05) is 23.1 Å². The van der Waals surface area contributed by atoms with E-state index in [0.29, 0.717) is 41.5 Å². The summed E-state index contributed by atoms with van der Waals surface area (Å²) < 4.78 is 25.6. The van der Waals surface area contributed by atoms with Crippen LogP contribution in [0.15, 0.2) is 64.6 Å². The van der Waals surface area contributed by atoms with Crippen molar-refractivity contribution in [3.05, 3.63) is 80.3 Å². The van der Waals surface area contributed by atoms with Crippen LogP contribution >= 0.6 is 46.4 Å². The van der Waals surface area contributed by atoms with E-state index in [4.69, 9.17) is 51.4 Å². The Morgan fingerprint density at radius 3 is 2.00 bits per heavy atom. The molecule has 3 aromatic carbocycles. The van der Waals surface area contributed by atoms with E-state index in [0.717, 1.165) is 42.5 Å². The normalized spacial score (nSPS) is 15.1. The summed E-state index contributed by atoms with van der Waals surface area (Å²) >= 11 is 25.8. The van der Waals surface area contributed by atoms with Gasteiger partial charge in [-0.3, -0.25) is 15.0 Å². The van der Waals surface area contributed by atoms with E-state index in [1.54, 1.807) is 30.3 Å². The number of amidine groups is 1. The maximum atomic E-state index is 14.0. The summed E-state index contributed by atoms with van der Waals surface area (Å²) in [5.41, 5.74) is 5.40. The van der Waals surface area contributed by atoms with Crippen molar-refractivity contribution in [2.24, 2.45) is 9.98 Å². The van der Waals surface area contributed by atoms with Gasteiger partial charge >= 0.3 is 0 Å². The smallest absolute Gasteiger partial charge is 0.299 e. The van der Waals surface area contributed by atoms with Crippen molar-refractivity contribution >= 4 is 103 Å². The van der Waals surface area contributed by atoms with Gasteiger partial charge in [0.05, 0.1) is 32.7 Å². The Morgan fingerprint density at radius 2 is 1.41 bits per heavy atom. The van der Waals surface area contributed by atoms with Gasteiger partial charge in [0.2, 0.25) is 15.9 Å². The first-order chi connectivity index (χ1) is 26.8. The Labute approximate surface area is 351 Å². The lowest BCUT2D eigenvalue weighted by molar-refractivity contribution is -0.116. The van der Waals surface area contributed by atoms with Gasteiger partial charge in [-0.2, -0.15) is 0 Å². The highest BCUT2D eigenvalue weighted by Gasteiger charge is 2.37. The molecule has 10 nitrogen and oxygen atoms in total. The van der Waals surface area contributed by atoms with E-state index in [1.807, 2.05) is 19.1 Å². The van der Waals surface area contributed by atoms with Gasteiger partial charge in [-0.05, 0) is 73.2 Å². The van der Waals surface area contributed by atoms with E-state index in [9.17, 15) is 18.0 Å². The molecular weight excluding hydrogens is 814 g/mol. The van der Waals surface area contributed by atoms with Crippen LogP contribution < -0.4 is 20.5 Å². The zero-order chi connectivity index (χ0) is 40.7. The van der Waals surface area contributed by atoms with Crippen molar-refractivity contribution in [1.29, 1.82) is 0 Å². The molecule has 304 valence electrons. The summed E-state index contributed by atoms with van der Waals surface area (Å²) in [7, 11) is -3.29. The number of anilines is 2. The second-order valence-electron chi connectivity index (χ2n) is 14.0. The van der Waals surface area contributed by atoms with Crippen LogP contribution in [0.1, 0.15) is 115 Å². The number of halogens is 4. The number of hydrogen-bond donors (Lipinski definition) is 3. The van der Waals surface area contributed by atoms with Crippen molar-refractivity contribution in [3.63, 3.8) is 0 Å². The largest absolute Gasteiger partial charge is 0.326 e. The fourth-order valence-electron chi connectivity index (χ4n) is 6.45. The number of benzene rings is 3. The number of hydrazine groups is 1. The van der Waals surface area contributed by atoms with Gasteiger partial charge in [-0.1, -0.05) is 137 Å². The molecule has 0 radical (unpaired) electrons. The predicted molar refractivity (Wildman–Crippen MR) is 234 cm³/mol. The number of carbonyl (C=O) groups is 2. The Hall–Kier alpha value is -3.19. The van der Waals surface area contributed by atoms with Crippen LogP contribution in [0, 0.1) is 0 Å². The first-order valence-electron chi connectivity index (χ1n) is 19.4. The average Bonchev–Trinajstić information content (AvgIpc) is 3.43. The number of nitrogens with one attached hydrogen (secondary N) is 3. The zero-order valence-corrected chi connectivity index (χ0v) is 36.1. The molecule has 0 bridgehead atoms. The Kier molecular flexibility index (Phi) is 18.4. The number of hydrogen-bond acceptors (Lipinski definition) is 6. The highest BCUT2D eigenvalue weighted by molar-refractivity contribution is 7.88. The van der Waals surface area contributed by atoms with Crippen LogP contribution in [0.4, 0.5) is 22.7 Å². The molecule has 1 aliphatic heterocycles. The molecule has 1 aliphatic rings. The lowest BCUT2D eigenvalue weighted by Gasteiger charge is -2.18. The molecule has 4 rings (SSSR count). The Bertz CT molecular complexity index is 1950. The second kappa shape index (κ2) is 22.7. The van der Waals surface area contributed by atoms with Gasteiger partial charge in [0, 0.05) is 23.7 Å². The molecule has 1 heterocycles. The SMILES string of the molecule is CCCCCCCCCCCCCC(=O)Nc1ccc(Cl)c(N=C2NN(c3c(Cl)cc(Cl)cc3Cl)C(=O)C2=Nc2ccc(C(CC)CCNS(C)(=O)=O)cc2)c1. The molecule has 1 unspecified atom stereocenters. The lowest BCUT2D eigenvalue weighted by atomic mass is 9.93. The molecule has 3 N–H and O–H groups in total. The van der Waals surface area contributed by atoms with E-state index in [2.05, 4.69) is 27.4 Å². The molecule has 15 heteroatoms. The molecule has 0 aromatic heterocycles. The molecule has 1 fully saturated rings. The van der Waals surface area contributed by atoms with Gasteiger partial charge in [-0.25, -0.2) is 28.1 Å². The summed E-state index contributed by atoms with van der Waals surface area (Å²) in [6.45, 7) is 4.59. The summed E-state index contributed by atoms with van der Waals surface area (Å²) in [5.74, 6) is -0.496. The quantitative estimate of drug-likeness (QED) is 0.0865. The van der Waals surface area contributed by atoms with Gasteiger partial charge in [0.1, 0.15) is 5.69 Å². The Morgan fingerprint density at radius 1 is 0.804 bits per heavy atom. The molecule has 1 saturated heterocycles. The van der Waals surface area contributed by atoms with Crippen LogP contribution in [-0.2, 0) is 19.6 Å². The van der Waals surface area contributed by atoms with E-state index in [-0.39, 0.29) is 44.1 Å². The molecule has 2 amide bonds. The summed E-state index contributed by atoms with van der Waals surface area (Å²) in [6, 6.07) is 15.3. The maximum absolute atomic E-state index is 14.0. The summed E-state index contributed by atoms with van der Waals surface area (Å²) in [5, 5.41) is 4.95. The molecule has 3 aromatic rings. The number of nitrogens with zero attached hydrogens (tertiary/aromatic N) is 3. The Balaban J connectivity index is 1.50. The molecule has 0 spiro atoms. The topological polar surface area (TPSA) is 132 Å². The zero-order valence-electron chi connectivity index (χ0n) is 32.3. The van der Waals surface area contributed by atoms with Crippen molar-refractivity contribution in [2.45, 2.75) is 110 Å². The van der Waals surface area contributed by atoms with E-state index in [1.165, 1.54) is 63.5 Å². The third-order valence-electron chi connectivity index (χ3n) is 9.48. The molecule has 56 heavy (non-hydrogen) atoms. The van der Waals surface area contributed by atoms with E-state index < -0.39 is 15.9 Å². The standard InChI is InChI=1S/C41H52Cl4N6O4S/c1-4-6-7-8-9-10-11-12-13-14-15-16-37(52)47-32-21-22-33(43)36(27-32)49-40-38(41(53)51(50-40)39-34(44)25-30(42)26-35(39)45)48-31-19-17-29(18-20-31)28(5-2)23-24-46-56(3,54)55/h17-22,25-28,46H,4-16,23-24H2,1-3H3,(H,47,52)(H,49,50).